The van der Waals surface area contributed by atoms with Crippen LogP contribution in [0.15, 0.2) is 0 Å². The van der Waals surface area contributed by atoms with Crippen molar-refractivity contribution in [2.24, 2.45) is 11.1 Å². The van der Waals surface area contributed by atoms with Crippen molar-refractivity contribution < 1.29 is 27.4 Å². The van der Waals surface area contributed by atoms with E-state index in [9.17, 15) is 18.0 Å². The van der Waals surface area contributed by atoms with Gasteiger partial charge in [0.05, 0.1) is 12.0 Å². The predicted octanol–water partition coefficient (Wildman–Crippen LogP) is 1.25. The summed E-state index contributed by atoms with van der Waals surface area (Å²) in [5.41, 5.74) is 4.99. The highest BCUT2D eigenvalue weighted by molar-refractivity contribution is 5.85. The number of carbonyl (C=O) groups is 1. The van der Waals surface area contributed by atoms with Crippen molar-refractivity contribution in [2.75, 3.05) is 33.0 Å². The Kier molecular flexibility index (Phi) is 8.53. The molecule has 0 bridgehead atoms. The van der Waals surface area contributed by atoms with Crippen molar-refractivity contribution >= 4 is 18.3 Å². The summed E-state index contributed by atoms with van der Waals surface area (Å²) in [7, 11) is 0. The van der Waals surface area contributed by atoms with Crippen LogP contribution in [-0.4, -0.2) is 51.1 Å². The highest BCUT2D eigenvalue weighted by Crippen LogP contribution is 2.29. The van der Waals surface area contributed by atoms with E-state index in [2.05, 4.69) is 10.1 Å². The lowest BCUT2D eigenvalue weighted by Gasteiger charge is -2.35. The van der Waals surface area contributed by atoms with Crippen LogP contribution in [-0.2, 0) is 14.3 Å². The van der Waals surface area contributed by atoms with Crippen molar-refractivity contribution in [3.8, 4) is 0 Å². The zero-order chi connectivity index (χ0) is 15.2. The first-order valence-corrected chi connectivity index (χ1v) is 6.52. The Bertz CT molecular complexity index is 323. The van der Waals surface area contributed by atoms with Crippen molar-refractivity contribution in [3.63, 3.8) is 0 Å². The molecule has 21 heavy (non-hydrogen) atoms. The molecular weight excluding hydrogens is 313 g/mol. The number of hydrogen-bond acceptors (Lipinski definition) is 4. The number of nitrogens with two attached hydrogens (primary N) is 1. The van der Waals surface area contributed by atoms with E-state index in [1.165, 1.54) is 0 Å². The second kappa shape index (κ2) is 8.77. The first kappa shape index (κ1) is 20.4. The van der Waals surface area contributed by atoms with Gasteiger partial charge in [0.2, 0.25) is 5.91 Å². The van der Waals surface area contributed by atoms with Crippen molar-refractivity contribution in [3.05, 3.63) is 0 Å². The molecule has 1 aliphatic rings. The molecule has 1 saturated heterocycles. The molecule has 1 fully saturated rings. The Balaban J connectivity index is 0.00000400. The lowest BCUT2D eigenvalue weighted by Crippen LogP contribution is -2.52. The summed E-state index contributed by atoms with van der Waals surface area (Å²) < 4.78 is 45.5. The molecule has 1 rings (SSSR count). The first-order chi connectivity index (χ1) is 9.29. The number of hydrogen-bond donors (Lipinski definition) is 2. The lowest BCUT2D eigenvalue weighted by molar-refractivity contribution is -0.175. The van der Waals surface area contributed by atoms with Crippen LogP contribution < -0.4 is 11.1 Å². The lowest BCUT2D eigenvalue weighted by atomic mass is 9.79. The quantitative estimate of drug-likeness (QED) is 0.766. The molecule has 0 saturated carbocycles. The second-order valence-corrected chi connectivity index (χ2v) is 5.10. The summed E-state index contributed by atoms with van der Waals surface area (Å²) in [6.45, 7) is 1.20. The molecule has 0 aromatic carbocycles. The highest BCUT2D eigenvalue weighted by atomic mass is 35.5. The van der Waals surface area contributed by atoms with Gasteiger partial charge in [0.25, 0.3) is 0 Å². The van der Waals surface area contributed by atoms with Gasteiger partial charge in [0.1, 0.15) is 6.61 Å². The van der Waals surface area contributed by atoms with Crippen molar-refractivity contribution in [2.45, 2.75) is 32.0 Å². The van der Waals surface area contributed by atoms with E-state index in [4.69, 9.17) is 10.5 Å². The van der Waals surface area contributed by atoms with Crippen LogP contribution in [0.2, 0.25) is 0 Å². The number of rotatable bonds is 6. The van der Waals surface area contributed by atoms with Gasteiger partial charge in [-0.2, -0.15) is 13.2 Å². The monoisotopic (exact) mass is 334 g/mol. The number of alkyl halides is 3. The molecule has 9 heteroatoms. The van der Waals surface area contributed by atoms with E-state index in [1.54, 1.807) is 6.92 Å². The maximum absolute atomic E-state index is 12.2. The molecule has 0 aromatic rings. The number of amides is 1. The average Bonchev–Trinajstić information content (AvgIpc) is 2.37. The fourth-order valence-corrected chi connectivity index (χ4v) is 2.06. The number of nitrogens with one attached hydrogen (secondary N) is 1. The van der Waals surface area contributed by atoms with Crippen LogP contribution in [0.4, 0.5) is 13.2 Å². The molecule has 1 unspecified atom stereocenters. The fraction of sp³-hybridized carbons (Fsp3) is 0.917. The van der Waals surface area contributed by atoms with Gasteiger partial charge in [-0.05, 0) is 19.8 Å². The van der Waals surface area contributed by atoms with Gasteiger partial charge in [-0.25, -0.2) is 0 Å². The molecule has 126 valence electrons. The topological polar surface area (TPSA) is 73.6 Å². The zero-order valence-corrected chi connectivity index (χ0v) is 12.7. The van der Waals surface area contributed by atoms with E-state index in [1.807, 2.05) is 0 Å². The van der Waals surface area contributed by atoms with Gasteiger partial charge < -0.3 is 20.5 Å². The SMILES string of the molecule is CC(COCC(F)(F)F)NC(=O)C1(CN)CCOCC1.Cl. The fourth-order valence-electron chi connectivity index (χ4n) is 2.06. The summed E-state index contributed by atoms with van der Waals surface area (Å²) in [5, 5.41) is 2.66. The minimum Gasteiger partial charge on any atom is -0.381 e. The molecule has 0 aromatic heterocycles. The molecule has 3 N–H and O–H groups in total. The van der Waals surface area contributed by atoms with Crippen molar-refractivity contribution in [1.29, 1.82) is 0 Å². The average molecular weight is 335 g/mol. The standard InChI is InChI=1S/C12H21F3N2O3.ClH/c1-9(6-20-8-12(13,14)15)17-10(18)11(7-16)2-4-19-5-3-11;/h9H,2-8,16H2,1H3,(H,17,18);1H. The van der Waals surface area contributed by atoms with Gasteiger partial charge >= 0.3 is 6.18 Å². The first-order valence-electron chi connectivity index (χ1n) is 6.52. The molecule has 1 amide bonds. The van der Waals surface area contributed by atoms with Gasteiger partial charge in [-0.3, -0.25) is 4.79 Å². The summed E-state index contributed by atoms with van der Waals surface area (Å²) in [4.78, 5) is 12.2. The van der Waals surface area contributed by atoms with Gasteiger partial charge in [0.15, 0.2) is 0 Å². The van der Waals surface area contributed by atoms with E-state index in [0.717, 1.165) is 0 Å². The Hall–Kier alpha value is -0.570. The van der Waals surface area contributed by atoms with Crippen LogP contribution in [0.5, 0.6) is 0 Å². The Morgan fingerprint density at radius 3 is 2.48 bits per heavy atom. The number of halogens is 4. The van der Waals surface area contributed by atoms with Crippen LogP contribution in [0, 0.1) is 5.41 Å². The third-order valence-electron chi connectivity index (χ3n) is 3.33. The van der Waals surface area contributed by atoms with Crippen LogP contribution >= 0.6 is 12.4 Å². The molecule has 0 radical (unpaired) electrons. The summed E-state index contributed by atoms with van der Waals surface area (Å²) in [5.74, 6) is -0.244. The molecule has 1 heterocycles. The molecule has 5 nitrogen and oxygen atoms in total. The summed E-state index contributed by atoms with van der Waals surface area (Å²) in [6, 6.07) is -0.504. The predicted molar refractivity (Wildman–Crippen MR) is 73.3 cm³/mol. The van der Waals surface area contributed by atoms with Gasteiger partial charge in [0, 0.05) is 25.8 Å². The third kappa shape index (κ3) is 6.82. The maximum atomic E-state index is 12.2. The largest absolute Gasteiger partial charge is 0.411 e. The Labute approximate surface area is 128 Å². The normalized spacial score (nSPS) is 19.5. The zero-order valence-electron chi connectivity index (χ0n) is 11.9. The number of carbonyl (C=O) groups excluding carboxylic acids is 1. The highest BCUT2D eigenvalue weighted by Gasteiger charge is 2.39. The van der Waals surface area contributed by atoms with Crippen LogP contribution in [0.3, 0.4) is 0 Å². The van der Waals surface area contributed by atoms with E-state index in [0.29, 0.717) is 26.1 Å². The molecular formula is C12H22ClF3N2O3. The Morgan fingerprint density at radius 2 is 2.00 bits per heavy atom. The Morgan fingerprint density at radius 1 is 1.43 bits per heavy atom. The summed E-state index contributed by atoms with van der Waals surface area (Å²) in [6.07, 6.45) is -3.32. The van der Waals surface area contributed by atoms with Gasteiger partial charge in [-0.15, -0.1) is 12.4 Å². The van der Waals surface area contributed by atoms with Gasteiger partial charge in [-0.1, -0.05) is 0 Å². The van der Waals surface area contributed by atoms with Crippen LogP contribution in [0.1, 0.15) is 19.8 Å². The minimum absolute atomic E-state index is 0. The molecule has 0 spiro atoms. The molecule has 1 atom stereocenters. The molecule has 0 aliphatic carbocycles. The maximum Gasteiger partial charge on any atom is 0.411 e. The second-order valence-electron chi connectivity index (χ2n) is 5.10. The third-order valence-corrected chi connectivity index (χ3v) is 3.33. The smallest absolute Gasteiger partial charge is 0.381 e. The van der Waals surface area contributed by atoms with E-state index < -0.39 is 24.2 Å². The van der Waals surface area contributed by atoms with Crippen molar-refractivity contribution in [1.82, 2.24) is 5.32 Å². The number of ether oxygens (including phenoxy) is 2. The van der Waals surface area contributed by atoms with E-state index in [-0.39, 0.29) is 31.5 Å². The van der Waals surface area contributed by atoms with Crippen LogP contribution in [0.25, 0.3) is 0 Å². The summed E-state index contributed by atoms with van der Waals surface area (Å²) >= 11 is 0. The molecule has 1 aliphatic heterocycles. The van der Waals surface area contributed by atoms with E-state index >= 15 is 0 Å². The minimum atomic E-state index is -4.36.